The van der Waals surface area contributed by atoms with E-state index >= 15 is 0 Å². The lowest BCUT2D eigenvalue weighted by atomic mass is 9.48. The fourth-order valence-electron chi connectivity index (χ4n) is 8.45. The van der Waals surface area contributed by atoms with Gasteiger partial charge in [-0.05, 0) is 91.0 Å². The van der Waals surface area contributed by atoms with Gasteiger partial charge in [0.2, 0.25) is 0 Å². The highest BCUT2D eigenvalue weighted by atomic mass is 16.3. The molecule has 4 aliphatic carbocycles. The zero-order valence-electron chi connectivity index (χ0n) is 19.8. The van der Waals surface area contributed by atoms with Crippen LogP contribution in [0.1, 0.15) is 58.8 Å². The van der Waals surface area contributed by atoms with Crippen LogP contribution in [0.2, 0.25) is 0 Å². The van der Waals surface area contributed by atoms with E-state index in [-0.39, 0.29) is 11.5 Å². The summed E-state index contributed by atoms with van der Waals surface area (Å²) in [5.74, 6) is 2.21. The van der Waals surface area contributed by atoms with Crippen LogP contribution in [0.5, 0.6) is 0 Å². The first-order valence-electron chi connectivity index (χ1n) is 12.9. The van der Waals surface area contributed by atoms with Crippen LogP contribution in [0.4, 0.5) is 0 Å². The summed E-state index contributed by atoms with van der Waals surface area (Å²) < 4.78 is 2.41. The van der Waals surface area contributed by atoms with Gasteiger partial charge in [0.1, 0.15) is 6.33 Å². The molecule has 0 amide bonds. The van der Waals surface area contributed by atoms with E-state index in [0.717, 1.165) is 36.6 Å². The van der Waals surface area contributed by atoms with Crippen molar-refractivity contribution >= 4 is 27.5 Å². The normalized spacial score (nSPS) is 37.9. The second-order valence-corrected chi connectivity index (χ2v) is 11.7. The molecule has 3 heteroatoms. The van der Waals surface area contributed by atoms with E-state index in [2.05, 4.69) is 73.3 Å². The average Bonchev–Trinajstić information content (AvgIpc) is 3.37. The number of hydrogen-bond donors (Lipinski definition) is 1. The Morgan fingerprint density at radius 3 is 2.58 bits per heavy atom. The summed E-state index contributed by atoms with van der Waals surface area (Å²) >= 11 is 0. The van der Waals surface area contributed by atoms with Gasteiger partial charge in [0.25, 0.3) is 0 Å². The maximum Gasteiger partial charge on any atom is 0.100 e. The van der Waals surface area contributed by atoms with Crippen molar-refractivity contribution in [3.8, 4) is 0 Å². The second kappa shape index (κ2) is 6.82. The number of imidazole rings is 1. The molecule has 7 rings (SSSR count). The number of hydrogen-bond acceptors (Lipinski definition) is 2. The maximum atomic E-state index is 10.3. The number of benzene rings is 2. The number of aliphatic hydroxyl groups excluding tert-OH is 1. The van der Waals surface area contributed by atoms with Crippen molar-refractivity contribution < 1.29 is 5.11 Å². The van der Waals surface area contributed by atoms with Crippen molar-refractivity contribution in [3.63, 3.8) is 0 Å². The number of fused-ring (bicyclic) bond motifs is 7. The van der Waals surface area contributed by atoms with E-state index in [1.807, 2.05) is 0 Å². The van der Waals surface area contributed by atoms with E-state index in [0.29, 0.717) is 11.3 Å². The maximum absolute atomic E-state index is 10.3. The van der Waals surface area contributed by atoms with Crippen LogP contribution in [-0.4, -0.2) is 20.8 Å². The first-order valence-corrected chi connectivity index (χ1v) is 12.9. The quantitative estimate of drug-likeness (QED) is 0.417. The van der Waals surface area contributed by atoms with Gasteiger partial charge in [0.05, 0.1) is 17.1 Å². The molecule has 6 atom stereocenters. The largest absolute Gasteiger partial charge is 0.393 e. The molecule has 3 nitrogen and oxygen atoms in total. The Balaban J connectivity index is 1.27. The van der Waals surface area contributed by atoms with Crippen LogP contribution >= 0.6 is 0 Å². The summed E-state index contributed by atoms with van der Waals surface area (Å²) in [5.41, 5.74) is 5.87. The fraction of sp³-hybridized carbons (Fsp3) is 0.500. The molecule has 1 N–H and O–H groups in total. The van der Waals surface area contributed by atoms with Crippen LogP contribution in [-0.2, 0) is 0 Å². The summed E-state index contributed by atoms with van der Waals surface area (Å²) in [5, 5.41) is 12.8. The number of aliphatic hydroxyl groups is 1. The van der Waals surface area contributed by atoms with Gasteiger partial charge in [0.15, 0.2) is 0 Å². The van der Waals surface area contributed by atoms with Gasteiger partial charge in [-0.2, -0.15) is 0 Å². The molecule has 0 spiro atoms. The lowest BCUT2D eigenvalue weighted by Gasteiger charge is -2.57. The van der Waals surface area contributed by atoms with Gasteiger partial charge in [0, 0.05) is 11.1 Å². The van der Waals surface area contributed by atoms with E-state index in [4.69, 9.17) is 4.98 Å². The molecule has 0 unspecified atom stereocenters. The van der Waals surface area contributed by atoms with Gasteiger partial charge in [-0.15, -0.1) is 0 Å². The molecule has 0 saturated heterocycles. The second-order valence-electron chi connectivity index (χ2n) is 11.7. The minimum absolute atomic E-state index is 0.125. The molecular weight excluding hydrogens is 404 g/mol. The smallest absolute Gasteiger partial charge is 0.100 e. The number of rotatable bonds is 1. The predicted octanol–water partition coefficient (Wildman–Crippen LogP) is 6.96. The van der Waals surface area contributed by atoms with Crippen molar-refractivity contribution in [2.75, 3.05) is 0 Å². The molecule has 1 aromatic heterocycles. The highest BCUT2D eigenvalue weighted by Crippen LogP contribution is 2.65. The summed E-state index contributed by atoms with van der Waals surface area (Å²) in [6.07, 6.45) is 15.0. The van der Waals surface area contributed by atoms with E-state index in [1.165, 1.54) is 47.7 Å². The Labute approximate surface area is 196 Å². The zero-order chi connectivity index (χ0) is 22.4. The van der Waals surface area contributed by atoms with E-state index in [1.54, 1.807) is 5.57 Å². The van der Waals surface area contributed by atoms with Gasteiger partial charge in [-0.1, -0.05) is 55.8 Å². The number of allylic oxidation sites excluding steroid dienone is 3. The minimum Gasteiger partial charge on any atom is -0.393 e. The molecule has 0 bridgehead atoms. The first kappa shape index (κ1) is 20.0. The molecule has 2 aromatic carbocycles. The lowest BCUT2D eigenvalue weighted by Crippen LogP contribution is -2.50. The first-order chi connectivity index (χ1) is 16.0. The van der Waals surface area contributed by atoms with E-state index < -0.39 is 0 Å². The predicted molar refractivity (Wildman–Crippen MR) is 135 cm³/mol. The topological polar surface area (TPSA) is 38.0 Å². The summed E-state index contributed by atoms with van der Waals surface area (Å²) in [4.78, 5) is 4.82. The molecule has 4 aliphatic rings. The van der Waals surface area contributed by atoms with Gasteiger partial charge in [-0.25, -0.2) is 4.98 Å². The Hall–Kier alpha value is -2.39. The summed E-state index contributed by atoms with van der Waals surface area (Å²) in [7, 11) is 0. The van der Waals surface area contributed by atoms with Gasteiger partial charge < -0.3 is 9.67 Å². The number of aromatic nitrogens is 2. The molecular formula is C30H34N2O. The summed E-state index contributed by atoms with van der Waals surface area (Å²) in [6, 6.07) is 13.2. The third-order valence-electron chi connectivity index (χ3n) is 10.3. The SMILES string of the molecule is C[C@]12CC[C@H](O)CC1=CC[C@@H]1[C@@H]2CC[C@]2(C)C(n3cnc4cc5ccccc5cc43)=CC[C@@H]12. The Morgan fingerprint density at radius 1 is 0.939 bits per heavy atom. The van der Waals surface area contributed by atoms with Crippen molar-refractivity contribution in [3.05, 3.63) is 60.5 Å². The van der Waals surface area contributed by atoms with E-state index in [9.17, 15) is 5.11 Å². The van der Waals surface area contributed by atoms with Gasteiger partial charge >= 0.3 is 0 Å². The minimum atomic E-state index is -0.125. The standard InChI is InChI=1S/C30H34N2O/c1-29-13-11-22(33)17-21(29)7-8-23-24-9-10-28(30(24,2)14-12-25(23)29)32-18-31-26-15-19-5-3-4-6-20(19)16-27(26)32/h3-7,10,15-16,18,22-25,33H,8-9,11-14,17H2,1-2H3/t22-,23-,24-,25-,29-,30-/m0/s1. The molecule has 1 heterocycles. The summed E-state index contributed by atoms with van der Waals surface area (Å²) in [6.45, 7) is 5.05. The van der Waals surface area contributed by atoms with Crippen molar-refractivity contribution in [1.82, 2.24) is 9.55 Å². The molecule has 2 fully saturated rings. The van der Waals surface area contributed by atoms with Crippen LogP contribution in [0.25, 0.3) is 27.5 Å². The van der Waals surface area contributed by atoms with Crippen LogP contribution in [0, 0.1) is 28.6 Å². The lowest BCUT2D eigenvalue weighted by molar-refractivity contribution is -0.0249. The van der Waals surface area contributed by atoms with Crippen LogP contribution in [0.15, 0.2) is 60.5 Å². The Bertz CT molecular complexity index is 1330. The number of nitrogens with zero attached hydrogens (tertiary/aromatic N) is 2. The molecule has 170 valence electrons. The molecule has 2 saturated carbocycles. The molecule has 33 heavy (non-hydrogen) atoms. The third kappa shape index (κ3) is 2.69. The fourth-order valence-corrected chi connectivity index (χ4v) is 8.45. The molecule has 3 aromatic rings. The van der Waals surface area contributed by atoms with Crippen LogP contribution < -0.4 is 0 Å². The van der Waals surface area contributed by atoms with Gasteiger partial charge in [-0.3, -0.25) is 0 Å². The Kier molecular flexibility index (Phi) is 4.14. The van der Waals surface area contributed by atoms with Crippen molar-refractivity contribution in [2.24, 2.45) is 28.6 Å². The van der Waals surface area contributed by atoms with Crippen molar-refractivity contribution in [1.29, 1.82) is 0 Å². The Morgan fingerprint density at radius 2 is 1.73 bits per heavy atom. The zero-order valence-corrected chi connectivity index (χ0v) is 19.8. The molecule has 0 radical (unpaired) electrons. The average molecular weight is 439 g/mol. The highest BCUT2D eigenvalue weighted by Gasteiger charge is 2.57. The highest BCUT2D eigenvalue weighted by molar-refractivity contribution is 5.96. The molecule has 0 aliphatic heterocycles. The van der Waals surface area contributed by atoms with Crippen LogP contribution in [0.3, 0.4) is 0 Å². The third-order valence-corrected chi connectivity index (χ3v) is 10.3. The monoisotopic (exact) mass is 438 g/mol. The van der Waals surface area contributed by atoms with Crippen molar-refractivity contribution in [2.45, 2.75) is 64.9 Å².